The number of nitrogens with zero attached hydrogens (tertiary/aromatic N) is 4. The van der Waals surface area contributed by atoms with Gasteiger partial charge in [0.15, 0.2) is 0 Å². The Morgan fingerprint density at radius 1 is 0.818 bits per heavy atom. The number of amides is 2. The summed E-state index contributed by atoms with van der Waals surface area (Å²) in [6.45, 7) is 6.23. The molecule has 8 heteroatoms. The number of likely N-dealkylation sites (tertiary alicyclic amines) is 1. The van der Waals surface area contributed by atoms with Gasteiger partial charge in [-0.15, -0.1) is 0 Å². The first-order valence-electron chi connectivity index (χ1n) is 17.7. The number of pyridine rings is 1. The van der Waals surface area contributed by atoms with Crippen LogP contribution in [0.4, 0.5) is 5.82 Å². The molecule has 8 nitrogen and oxygen atoms in total. The number of piperazine rings is 1. The third-order valence-electron chi connectivity index (χ3n) is 10.3. The van der Waals surface area contributed by atoms with Crippen molar-refractivity contribution < 1.29 is 19.1 Å². The molecule has 2 bridgehead atoms. The van der Waals surface area contributed by atoms with Gasteiger partial charge in [-0.1, -0.05) is 95.8 Å². The summed E-state index contributed by atoms with van der Waals surface area (Å²) in [6, 6.07) is 5.95. The minimum atomic E-state index is -0.515. The average molecular weight is 607 g/mol. The van der Waals surface area contributed by atoms with Gasteiger partial charge in [0.05, 0.1) is 18.4 Å². The number of allylic oxidation sites excluding steroid dienone is 2. The number of hydrogen-bond acceptors (Lipinski definition) is 7. The first-order chi connectivity index (χ1) is 21.5. The zero-order valence-corrected chi connectivity index (χ0v) is 26.9. The van der Waals surface area contributed by atoms with Crippen LogP contribution in [0.2, 0.25) is 0 Å². The number of unbranched alkanes of at least 4 members (excludes halogenated alkanes) is 11. The van der Waals surface area contributed by atoms with Crippen LogP contribution in [0.25, 0.3) is 0 Å². The van der Waals surface area contributed by atoms with Crippen molar-refractivity contribution in [2.24, 2.45) is 23.7 Å². The summed E-state index contributed by atoms with van der Waals surface area (Å²) in [5, 5.41) is 0. The average Bonchev–Trinajstić information content (AvgIpc) is 3.73. The molecular weight excluding hydrogens is 552 g/mol. The number of rotatable bonds is 19. The van der Waals surface area contributed by atoms with Gasteiger partial charge in [-0.3, -0.25) is 24.2 Å². The minimum absolute atomic E-state index is 0.0705. The first-order valence-corrected chi connectivity index (χ1v) is 17.7. The van der Waals surface area contributed by atoms with Gasteiger partial charge >= 0.3 is 5.97 Å². The van der Waals surface area contributed by atoms with E-state index >= 15 is 0 Å². The summed E-state index contributed by atoms with van der Waals surface area (Å²) >= 11 is 0. The third kappa shape index (κ3) is 8.49. The SMILES string of the molecule is CCCCCCCCCCCCCCC(=O)OC(CN1CCN(c2ccccn2)CC1)CN1C(=O)C2C3C=CC(C3)C2C1=O. The van der Waals surface area contributed by atoms with E-state index in [9.17, 15) is 14.4 Å². The minimum Gasteiger partial charge on any atom is -0.459 e. The van der Waals surface area contributed by atoms with E-state index in [2.05, 4.69) is 33.9 Å². The number of imide groups is 1. The molecule has 242 valence electrons. The molecule has 5 atom stereocenters. The van der Waals surface area contributed by atoms with Gasteiger partial charge in [0.1, 0.15) is 11.9 Å². The molecular formula is C36H54N4O4. The summed E-state index contributed by atoms with van der Waals surface area (Å²) < 4.78 is 6.05. The van der Waals surface area contributed by atoms with E-state index in [1.54, 1.807) is 0 Å². The number of carbonyl (C=O) groups is 3. The molecule has 44 heavy (non-hydrogen) atoms. The molecule has 5 rings (SSSR count). The van der Waals surface area contributed by atoms with Crippen LogP contribution < -0.4 is 4.90 Å². The molecule has 1 aromatic rings. The van der Waals surface area contributed by atoms with Crippen LogP contribution in [0, 0.1) is 23.7 Å². The Hall–Kier alpha value is -2.74. The quantitative estimate of drug-likeness (QED) is 0.0825. The lowest BCUT2D eigenvalue weighted by Gasteiger charge is -2.37. The van der Waals surface area contributed by atoms with Gasteiger partial charge < -0.3 is 9.64 Å². The Balaban J connectivity index is 1.06. The highest BCUT2D eigenvalue weighted by Crippen LogP contribution is 2.52. The van der Waals surface area contributed by atoms with Crippen molar-refractivity contribution in [2.45, 2.75) is 103 Å². The zero-order valence-electron chi connectivity index (χ0n) is 26.9. The van der Waals surface area contributed by atoms with E-state index in [0.717, 1.165) is 57.7 Å². The summed E-state index contributed by atoms with van der Waals surface area (Å²) in [6.07, 6.45) is 21.8. The maximum Gasteiger partial charge on any atom is 0.306 e. The maximum absolute atomic E-state index is 13.4. The second-order valence-electron chi connectivity index (χ2n) is 13.5. The second kappa shape index (κ2) is 16.5. The molecule has 3 fully saturated rings. The van der Waals surface area contributed by atoms with Crippen molar-refractivity contribution >= 4 is 23.6 Å². The molecule has 2 saturated heterocycles. The normalized spacial score (nSPS) is 25.2. The molecule has 0 radical (unpaired) electrons. The Morgan fingerprint density at radius 2 is 1.41 bits per heavy atom. The van der Waals surface area contributed by atoms with Crippen molar-refractivity contribution in [2.75, 3.05) is 44.2 Å². The van der Waals surface area contributed by atoms with E-state index in [0.29, 0.717) is 13.0 Å². The lowest BCUT2D eigenvalue weighted by Crippen LogP contribution is -2.51. The molecule has 2 aliphatic carbocycles. The van der Waals surface area contributed by atoms with E-state index in [1.807, 2.05) is 24.4 Å². The van der Waals surface area contributed by atoms with Gasteiger partial charge in [0.25, 0.3) is 0 Å². The number of fused-ring (bicyclic) bond motifs is 5. The monoisotopic (exact) mass is 606 g/mol. The van der Waals surface area contributed by atoms with Crippen LogP contribution in [0.3, 0.4) is 0 Å². The third-order valence-corrected chi connectivity index (χ3v) is 10.3. The van der Waals surface area contributed by atoms with Crippen molar-refractivity contribution in [1.82, 2.24) is 14.8 Å². The summed E-state index contributed by atoms with van der Waals surface area (Å²) in [7, 11) is 0. The smallest absolute Gasteiger partial charge is 0.306 e. The highest BCUT2D eigenvalue weighted by atomic mass is 16.5. The van der Waals surface area contributed by atoms with Crippen LogP contribution in [0.5, 0.6) is 0 Å². The fourth-order valence-corrected chi connectivity index (χ4v) is 7.82. The maximum atomic E-state index is 13.4. The molecule has 3 heterocycles. The summed E-state index contributed by atoms with van der Waals surface area (Å²) in [5.41, 5.74) is 0. The number of aromatic nitrogens is 1. The standard InChI is InChI=1S/C36H54N4O4/c1-2-3-4-5-6-7-8-9-10-11-12-13-17-32(41)44-30(26-38-21-23-39(24-22-38)31-16-14-15-20-37-31)27-40-35(42)33-28-18-19-29(25-28)34(33)36(40)43/h14-16,18-20,28-30,33-34H,2-13,17,21-27H2,1H3. The van der Waals surface area contributed by atoms with Crippen LogP contribution in [-0.2, 0) is 19.1 Å². The fraction of sp³-hybridized carbons (Fsp3) is 0.722. The number of anilines is 1. The molecule has 5 unspecified atom stereocenters. The predicted molar refractivity (Wildman–Crippen MR) is 173 cm³/mol. The van der Waals surface area contributed by atoms with Crippen molar-refractivity contribution in [3.05, 3.63) is 36.5 Å². The van der Waals surface area contributed by atoms with E-state index in [-0.39, 0.29) is 48.0 Å². The van der Waals surface area contributed by atoms with Crippen LogP contribution in [0.1, 0.15) is 96.8 Å². The van der Waals surface area contributed by atoms with Crippen LogP contribution in [-0.4, -0.2) is 77.9 Å². The summed E-state index contributed by atoms with van der Waals surface area (Å²) in [5.74, 6) is 0.526. The number of esters is 1. The van der Waals surface area contributed by atoms with Crippen LogP contribution >= 0.6 is 0 Å². The van der Waals surface area contributed by atoms with Crippen LogP contribution in [0.15, 0.2) is 36.5 Å². The molecule has 1 aromatic heterocycles. The Morgan fingerprint density at radius 3 is 1.98 bits per heavy atom. The number of ether oxygens (including phenoxy) is 1. The lowest BCUT2D eigenvalue weighted by molar-refractivity contribution is -0.155. The highest BCUT2D eigenvalue weighted by Gasteiger charge is 2.59. The van der Waals surface area contributed by atoms with E-state index in [1.165, 1.54) is 62.7 Å². The van der Waals surface area contributed by atoms with Gasteiger partial charge in [0, 0.05) is 45.3 Å². The van der Waals surface area contributed by atoms with Crippen molar-refractivity contribution in [3.8, 4) is 0 Å². The first kappa shape index (κ1) is 32.6. The van der Waals surface area contributed by atoms with Gasteiger partial charge in [-0.05, 0) is 36.8 Å². The van der Waals surface area contributed by atoms with E-state index in [4.69, 9.17) is 4.74 Å². The van der Waals surface area contributed by atoms with Gasteiger partial charge in [-0.2, -0.15) is 0 Å². The molecule has 0 N–H and O–H groups in total. The van der Waals surface area contributed by atoms with Gasteiger partial charge in [0.2, 0.25) is 11.8 Å². The summed E-state index contributed by atoms with van der Waals surface area (Å²) in [4.78, 5) is 50.3. The van der Waals surface area contributed by atoms with Crippen molar-refractivity contribution in [3.63, 3.8) is 0 Å². The largest absolute Gasteiger partial charge is 0.459 e. The van der Waals surface area contributed by atoms with Crippen molar-refractivity contribution in [1.29, 1.82) is 0 Å². The van der Waals surface area contributed by atoms with Gasteiger partial charge in [-0.25, -0.2) is 4.98 Å². The van der Waals surface area contributed by atoms with E-state index < -0.39 is 6.10 Å². The predicted octanol–water partition coefficient (Wildman–Crippen LogP) is 6.01. The molecule has 2 amide bonds. The Bertz CT molecular complexity index is 1070. The molecule has 0 aromatic carbocycles. The highest BCUT2D eigenvalue weighted by molar-refractivity contribution is 6.06. The number of carbonyl (C=O) groups excluding carboxylic acids is 3. The fourth-order valence-electron chi connectivity index (χ4n) is 7.82. The molecule has 0 spiro atoms. The Kier molecular flexibility index (Phi) is 12.3. The molecule has 1 saturated carbocycles. The molecule has 4 aliphatic rings. The number of hydrogen-bond donors (Lipinski definition) is 0. The molecule has 2 aliphatic heterocycles. The lowest BCUT2D eigenvalue weighted by atomic mass is 9.85. The topological polar surface area (TPSA) is 83.1 Å². The second-order valence-corrected chi connectivity index (χ2v) is 13.5. The Labute approximate surface area is 264 Å². The zero-order chi connectivity index (χ0) is 30.7.